The summed E-state index contributed by atoms with van der Waals surface area (Å²) in [5, 5.41) is 9.91. The van der Waals surface area contributed by atoms with E-state index in [0.29, 0.717) is 17.4 Å². The molecule has 0 radical (unpaired) electrons. The Morgan fingerprint density at radius 3 is 2.81 bits per heavy atom. The van der Waals surface area contributed by atoms with E-state index in [9.17, 15) is 13.5 Å². The third-order valence-corrected chi connectivity index (χ3v) is 4.37. The average molecular weight is 330 g/mol. The maximum absolute atomic E-state index is 12.3. The summed E-state index contributed by atoms with van der Waals surface area (Å²) in [5.74, 6) is 0.417. The summed E-state index contributed by atoms with van der Waals surface area (Å²) in [7, 11) is -3.87. The Bertz CT molecular complexity index is 756. The lowest BCUT2D eigenvalue weighted by atomic mass is 10.3. The van der Waals surface area contributed by atoms with Crippen molar-refractivity contribution >= 4 is 27.3 Å². The van der Waals surface area contributed by atoms with Crippen LogP contribution >= 0.6 is 11.6 Å². The van der Waals surface area contributed by atoms with Gasteiger partial charge in [0.25, 0.3) is 10.0 Å². The first-order valence-corrected chi connectivity index (χ1v) is 8.24. The minimum atomic E-state index is -3.87. The van der Waals surface area contributed by atoms with Crippen molar-refractivity contribution in [2.75, 3.05) is 4.72 Å². The second-order valence-corrected chi connectivity index (χ2v) is 6.65. The summed E-state index contributed by atoms with van der Waals surface area (Å²) in [4.78, 5) is 4.05. The molecule has 0 aliphatic heterocycles. The normalized spacial score (nSPS) is 11.6. The molecule has 0 saturated carbocycles. The van der Waals surface area contributed by atoms with Crippen molar-refractivity contribution in [1.29, 1.82) is 0 Å². The van der Waals surface area contributed by atoms with Gasteiger partial charge in [0.1, 0.15) is 11.6 Å². The Labute approximate surface area is 128 Å². The number of nitrogens with zero attached hydrogens (tertiary/aromatic N) is 2. The quantitative estimate of drug-likeness (QED) is 0.826. The summed E-state index contributed by atoms with van der Waals surface area (Å²) in [6.07, 6.45) is 2.35. The predicted octanol–water partition coefficient (Wildman–Crippen LogP) is 2.76. The van der Waals surface area contributed by atoms with Crippen LogP contribution in [0.1, 0.15) is 19.2 Å². The van der Waals surface area contributed by atoms with E-state index in [2.05, 4.69) is 9.71 Å². The number of rotatable bonds is 5. The SMILES string of the molecule is CCCn1cc(S(=O)(=O)Nc2cc(Cl)ccc2O)nc1C. The lowest BCUT2D eigenvalue weighted by molar-refractivity contribution is 0.477. The van der Waals surface area contributed by atoms with Crippen molar-refractivity contribution in [2.45, 2.75) is 31.8 Å². The van der Waals surface area contributed by atoms with Gasteiger partial charge in [0.2, 0.25) is 0 Å². The topological polar surface area (TPSA) is 84.2 Å². The highest BCUT2D eigenvalue weighted by Crippen LogP contribution is 2.28. The molecule has 0 aliphatic carbocycles. The van der Waals surface area contributed by atoms with Crippen LogP contribution < -0.4 is 4.72 Å². The number of aromatic nitrogens is 2. The number of sulfonamides is 1. The molecule has 0 fully saturated rings. The van der Waals surface area contributed by atoms with E-state index in [-0.39, 0.29) is 16.5 Å². The van der Waals surface area contributed by atoms with Gasteiger partial charge in [-0.05, 0) is 31.5 Å². The largest absolute Gasteiger partial charge is 0.506 e. The molecule has 0 amide bonds. The van der Waals surface area contributed by atoms with Gasteiger partial charge in [0.15, 0.2) is 5.03 Å². The Hall–Kier alpha value is -1.73. The molecular weight excluding hydrogens is 314 g/mol. The van der Waals surface area contributed by atoms with Crippen molar-refractivity contribution in [3.05, 3.63) is 35.2 Å². The molecule has 1 aromatic heterocycles. The Kier molecular flexibility index (Phi) is 4.43. The highest BCUT2D eigenvalue weighted by atomic mass is 35.5. The summed E-state index contributed by atoms with van der Waals surface area (Å²) >= 11 is 5.80. The fourth-order valence-electron chi connectivity index (χ4n) is 1.86. The van der Waals surface area contributed by atoms with Crippen molar-refractivity contribution in [1.82, 2.24) is 9.55 Å². The fourth-order valence-corrected chi connectivity index (χ4v) is 3.11. The molecule has 2 aromatic rings. The van der Waals surface area contributed by atoms with Gasteiger partial charge in [-0.1, -0.05) is 18.5 Å². The Morgan fingerprint density at radius 1 is 1.43 bits per heavy atom. The molecule has 0 unspecified atom stereocenters. The third-order valence-electron chi connectivity index (χ3n) is 2.90. The first-order valence-electron chi connectivity index (χ1n) is 6.38. The van der Waals surface area contributed by atoms with Crippen molar-refractivity contribution < 1.29 is 13.5 Å². The third kappa shape index (κ3) is 3.48. The molecule has 21 heavy (non-hydrogen) atoms. The number of benzene rings is 1. The van der Waals surface area contributed by atoms with Crippen molar-refractivity contribution in [3.8, 4) is 5.75 Å². The van der Waals surface area contributed by atoms with Crippen LogP contribution in [0.5, 0.6) is 5.75 Å². The van der Waals surface area contributed by atoms with Crippen LogP contribution in [-0.2, 0) is 16.6 Å². The standard InChI is InChI=1S/C13H16ClN3O3S/c1-3-6-17-8-13(15-9(17)2)21(19,20)16-11-7-10(14)4-5-12(11)18/h4-5,7-8,16,18H,3,6H2,1-2H3. The number of phenols is 1. The number of aromatic hydroxyl groups is 1. The number of halogens is 1. The molecule has 0 spiro atoms. The van der Waals surface area contributed by atoms with Gasteiger partial charge in [-0.2, -0.15) is 8.42 Å². The minimum absolute atomic E-state index is 0.0187. The van der Waals surface area contributed by atoms with E-state index >= 15 is 0 Å². The van der Waals surface area contributed by atoms with Gasteiger partial charge >= 0.3 is 0 Å². The zero-order valence-electron chi connectivity index (χ0n) is 11.7. The molecular formula is C13H16ClN3O3S. The van der Waals surface area contributed by atoms with E-state index in [0.717, 1.165) is 6.42 Å². The number of hydrogen-bond acceptors (Lipinski definition) is 4. The van der Waals surface area contributed by atoms with E-state index in [4.69, 9.17) is 11.6 Å². The number of phenolic OH excluding ortho intramolecular Hbond substituents is 1. The first kappa shape index (κ1) is 15.7. The molecule has 2 rings (SSSR count). The molecule has 2 N–H and O–H groups in total. The molecule has 0 bridgehead atoms. The summed E-state index contributed by atoms with van der Waals surface area (Å²) in [6, 6.07) is 4.13. The maximum atomic E-state index is 12.3. The van der Waals surface area contributed by atoms with E-state index in [1.807, 2.05) is 6.92 Å². The number of hydrogen-bond donors (Lipinski definition) is 2. The molecule has 6 nitrogen and oxygen atoms in total. The molecule has 1 aromatic carbocycles. The predicted molar refractivity (Wildman–Crippen MR) is 81.2 cm³/mol. The minimum Gasteiger partial charge on any atom is -0.506 e. The second-order valence-electron chi connectivity index (χ2n) is 4.59. The van der Waals surface area contributed by atoms with Gasteiger partial charge in [-0.25, -0.2) is 4.98 Å². The van der Waals surface area contributed by atoms with Crippen LogP contribution in [0.4, 0.5) is 5.69 Å². The number of anilines is 1. The summed E-state index contributed by atoms with van der Waals surface area (Å²) in [5.41, 5.74) is 0.0187. The van der Waals surface area contributed by atoms with Crippen molar-refractivity contribution in [3.63, 3.8) is 0 Å². The molecule has 0 saturated heterocycles. The molecule has 114 valence electrons. The summed E-state index contributed by atoms with van der Waals surface area (Å²) in [6.45, 7) is 4.43. The highest BCUT2D eigenvalue weighted by molar-refractivity contribution is 7.92. The van der Waals surface area contributed by atoms with Gasteiger partial charge in [-0.15, -0.1) is 0 Å². The maximum Gasteiger partial charge on any atom is 0.281 e. The van der Waals surface area contributed by atoms with Crippen LogP contribution in [-0.4, -0.2) is 23.1 Å². The average Bonchev–Trinajstić information content (AvgIpc) is 2.77. The highest BCUT2D eigenvalue weighted by Gasteiger charge is 2.20. The Morgan fingerprint density at radius 2 is 2.14 bits per heavy atom. The van der Waals surface area contributed by atoms with Crippen molar-refractivity contribution in [2.24, 2.45) is 0 Å². The monoisotopic (exact) mass is 329 g/mol. The fraction of sp³-hybridized carbons (Fsp3) is 0.308. The number of imidazole rings is 1. The first-order chi connectivity index (χ1) is 9.83. The number of nitrogens with one attached hydrogen (secondary N) is 1. The molecule has 0 atom stereocenters. The van der Waals surface area contributed by atoms with E-state index in [1.54, 1.807) is 11.5 Å². The zero-order valence-corrected chi connectivity index (χ0v) is 13.2. The van der Waals surface area contributed by atoms with Crippen LogP contribution in [0.2, 0.25) is 5.02 Å². The van der Waals surface area contributed by atoms with Crippen LogP contribution in [0.15, 0.2) is 29.4 Å². The Balaban J connectivity index is 2.34. The van der Waals surface area contributed by atoms with Gasteiger partial charge in [0, 0.05) is 17.8 Å². The van der Waals surface area contributed by atoms with Crippen LogP contribution in [0, 0.1) is 6.92 Å². The number of aryl methyl sites for hydroxylation is 2. The van der Waals surface area contributed by atoms with Crippen LogP contribution in [0.3, 0.4) is 0 Å². The molecule has 1 heterocycles. The smallest absolute Gasteiger partial charge is 0.281 e. The van der Waals surface area contributed by atoms with Gasteiger partial charge in [0.05, 0.1) is 5.69 Å². The molecule has 0 aliphatic rings. The van der Waals surface area contributed by atoms with E-state index < -0.39 is 10.0 Å². The molecule has 8 heteroatoms. The van der Waals surface area contributed by atoms with Crippen LogP contribution in [0.25, 0.3) is 0 Å². The van der Waals surface area contributed by atoms with E-state index in [1.165, 1.54) is 24.4 Å². The zero-order chi connectivity index (χ0) is 15.6. The van der Waals surface area contributed by atoms with Gasteiger partial charge < -0.3 is 9.67 Å². The summed E-state index contributed by atoms with van der Waals surface area (Å²) < 4.78 is 28.6. The lowest BCUT2D eigenvalue weighted by Crippen LogP contribution is -2.13. The van der Waals surface area contributed by atoms with Gasteiger partial charge in [-0.3, -0.25) is 4.72 Å². The second kappa shape index (κ2) is 5.95. The lowest BCUT2D eigenvalue weighted by Gasteiger charge is -2.08.